The Morgan fingerprint density at radius 3 is 2.55 bits per heavy atom. The van der Waals surface area contributed by atoms with Gasteiger partial charge >= 0.3 is 5.97 Å². The fourth-order valence-electron chi connectivity index (χ4n) is 3.35. The molecule has 7 nitrogen and oxygen atoms in total. The minimum atomic E-state index is -0.601. The average molecular weight is 427 g/mol. The lowest BCUT2D eigenvalue weighted by Gasteiger charge is -2.24. The highest BCUT2D eigenvalue weighted by molar-refractivity contribution is 5.94. The van der Waals surface area contributed by atoms with E-state index in [1.807, 2.05) is 39.0 Å². The van der Waals surface area contributed by atoms with E-state index in [0.717, 1.165) is 12.0 Å². The van der Waals surface area contributed by atoms with Crippen molar-refractivity contribution in [2.24, 2.45) is 5.92 Å². The lowest BCUT2D eigenvalue weighted by Crippen LogP contribution is -2.35. The highest BCUT2D eigenvalue weighted by Crippen LogP contribution is 2.34. The highest BCUT2D eigenvalue weighted by atomic mass is 16.5. The van der Waals surface area contributed by atoms with E-state index in [1.54, 1.807) is 24.3 Å². The van der Waals surface area contributed by atoms with E-state index in [4.69, 9.17) is 18.9 Å². The van der Waals surface area contributed by atoms with Crippen LogP contribution in [0.3, 0.4) is 0 Å². The molecule has 1 N–H and O–H groups in total. The largest absolute Gasteiger partial charge is 0.493 e. The van der Waals surface area contributed by atoms with Crippen molar-refractivity contribution in [2.45, 2.75) is 33.2 Å². The summed E-state index contributed by atoms with van der Waals surface area (Å²) in [5.41, 5.74) is 1.20. The number of nitrogens with one attached hydrogen (secondary N) is 1. The number of amides is 1. The summed E-state index contributed by atoms with van der Waals surface area (Å²) in [6, 6.07) is 12.2. The Balaban J connectivity index is 1.64. The number of rotatable bonds is 8. The normalized spacial score (nSPS) is 13.8. The van der Waals surface area contributed by atoms with Crippen LogP contribution in [0.4, 0.5) is 0 Å². The molecule has 1 amide bonds. The lowest BCUT2D eigenvalue weighted by molar-refractivity contribution is -0.125. The fraction of sp³-hybridized carbons (Fsp3) is 0.417. The van der Waals surface area contributed by atoms with Crippen molar-refractivity contribution in [3.63, 3.8) is 0 Å². The van der Waals surface area contributed by atoms with Gasteiger partial charge in [0, 0.05) is 6.42 Å². The maximum absolute atomic E-state index is 12.5. The molecule has 0 bridgehead atoms. The number of esters is 1. The van der Waals surface area contributed by atoms with Crippen LogP contribution in [0.15, 0.2) is 42.5 Å². The molecule has 1 atom stereocenters. The highest BCUT2D eigenvalue weighted by Gasteiger charge is 2.22. The third-order valence-corrected chi connectivity index (χ3v) is 4.86. The van der Waals surface area contributed by atoms with Crippen LogP contribution in [0.1, 0.15) is 49.2 Å². The first-order valence-electron chi connectivity index (χ1n) is 10.6. The third kappa shape index (κ3) is 5.90. The molecule has 1 heterocycles. The smallest absolute Gasteiger partial charge is 0.342 e. The van der Waals surface area contributed by atoms with Gasteiger partial charge in [0.05, 0.1) is 25.9 Å². The molecule has 3 rings (SSSR count). The molecule has 0 fully saturated rings. The Bertz CT molecular complexity index is 911. The van der Waals surface area contributed by atoms with Crippen molar-refractivity contribution in [3.05, 3.63) is 53.6 Å². The van der Waals surface area contributed by atoms with Gasteiger partial charge in [0.25, 0.3) is 5.91 Å². The number of para-hydroxylation sites is 1. The van der Waals surface area contributed by atoms with E-state index >= 15 is 0 Å². The number of benzene rings is 2. The minimum absolute atomic E-state index is 0.114. The number of hydrogen-bond acceptors (Lipinski definition) is 6. The van der Waals surface area contributed by atoms with Gasteiger partial charge in [-0.1, -0.05) is 32.0 Å². The zero-order valence-corrected chi connectivity index (χ0v) is 18.2. The molecular weight excluding hydrogens is 398 g/mol. The summed E-state index contributed by atoms with van der Waals surface area (Å²) >= 11 is 0. The van der Waals surface area contributed by atoms with Gasteiger partial charge in [-0.05, 0) is 42.7 Å². The minimum Gasteiger partial charge on any atom is -0.493 e. The molecule has 0 unspecified atom stereocenters. The van der Waals surface area contributed by atoms with Crippen molar-refractivity contribution < 1.29 is 28.5 Å². The van der Waals surface area contributed by atoms with Gasteiger partial charge in [-0.3, -0.25) is 4.79 Å². The van der Waals surface area contributed by atoms with E-state index in [-0.39, 0.29) is 24.5 Å². The maximum Gasteiger partial charge on any atom is 0.342 e. The topological polar surface area (TPSA) is 83.1 Å². The van der Waals surface area contributed by atoms with Crippen molar-refractivity contribution in [2.75, 3.05) is 26.4 Å². The molecule has 2 aromatic rings. The second-order valence-corrected chi connectivity index (χ2v) is 7.55. The second kappa shape index (κ2) is 10.7. The van der Waals surface area contributed by atoms with E-state index in [0.29, 0.717) is 42.6 Å². The molecule has 0 aliphatic carbocycles. The van der Waals surface area contributed by atoms with Crippen molar-refractivity contribution in [1.82, 2.24) is 5.32 Å². The number of carbonyl (C=O) groups excluding carboxylic acids is 2. The van der Waals surface area contributed by atoms with Crippen LogP contribution in [0.2, 0.25) is 0 Å². The lowest BCUT2D eigenvalue weighted by atomic mass is 9.95. The van der Waals surface area contributed by atoms with Crippen LogP contribution in [-0.4, -0.2) is 38.3 Å². The average Bonchev–Trinajstić information content (AvgIpc) is 3.01. The first kappa shape index (κ1) is 22.5. The van der Waals surface area contributed by atoms with Gasteiger partial charge < -0.3 is 24.3 Å². The number of hydrogen-bond donors (Lipinski definition) is 1. The Kier molecular flexibility index (Phi) is 7.76. The maximum atomic E-state index is 12.5. The molecule has 0 aromatic heterocycles. The SMILES string of the molecule is CCOc1ccccc1C(=O)OCC(=O)N[C@@H](c1ccc2c(c1)OCCCO2)C(C)C. The first-order chi connectivity index (χ1) is 15.0. The van der Waals surface area contributed by atoms with Crippen LogP contribution in [0, 0.1) is 5.92 Å². The van der Waals surface area contributed by atoms with Crippen LogP contribution in [0.25, 0.3) is 0 Å². The molecule has 31 heavy (non-hydrogen) atoms. The predicted molar refractivity (Wildman–Crippen MR) is 116 cm³/mol. The summed E-state index contributed by atoms with van der Waals surface area (Å²) in [6.45, 7) is 7.12. The van der Waals surface area contributed by atoms with E-state index < -0.39 is 5.97 Å². The zero-order valence-electron chi connectivity index (χ0n) is 18.2. The summed E-state index contributed by atoms with van der Waals surface area (Å²) in [6.07, 6.45) is 0.826. The standard InChI is InChI=1S/C24H29NO6/c1-4-28-19-9-6-5-8-18(19)24(27)31-15-22(26)25-23(16(2)3)17-10-11-20-21(14-17)30-13-7-12-29-20/h5-6,8-11,14,16,23H,4,7,12-13,15H2,1-3H3,(H,25,26)/t23-/m1/s1. The Labute approximate surface area is 182 Å². The molecule has 0 radical (unpaired) electrons. The molecule has 166 valence electrons. The van der Waals surface area contributed by atoms with E-state index in [1.165, 1.54) is 0 Å². The van der Waals surface area contributed by atoms with Gasteiger partial charge in [-0.2, -0.15) is 0 Å². The Hall–Kier alpha value is -3.22. The number of fused-ring (bicyclic) bond motifs is 1. The summed E-state index contributed by atoms with van der Waals surface area (Å²) < 4.78 is 22.1. The van der Waals surface area contributed by atoms with Gasteiger partial charge in [0.2, 0.25) is 0 Å². The predicted octanol–water partition coefficient (Wildman–Crippen LogP) is 3.92. The van der Waals surface area contributed by atoms with Crippen LogP contribution in [-0.2, 0) is 9.53 Å². The van der Waals surface area contributed by atoms with Crippen molar-refractivity contribution in [3.8, 4) is 17.2 Å². The summed E-state index contributed by atoms with van der Waals surface area (Å²) in [7, 11) is 0. The van der Waals surface area contributed by atoms with Gasteiger partial charge in [-0.15, -0.1) is 0 Å². The Morgan fingerprint density at radius 1 is 1.06 bits per heavy atom. The number of carbonyl (C=O) groups is 2. The van der Waals surface area contributed by atoms with Crippen LogP contribution >= 0.6 is 0 Å². The molecule has 0 spiro atoms. The second-order valence-electron chi connectivity index (χ2n) is 7.55. The third-order valence-electron chi connectivity index (χ3n) is 4.86. The van der Waals surface area contributed by atoms with E-state index in [2.05, 4.69) is 5.32 Å². The molecule has 2 aromatic carbocycles. The fourth-order valence-corrected chi connectivity index (χ4v) is 3.35. The molecule has 0 saturated heterocycles. The van der Waals surface area contributed by atoms with Crippen LogP contribution in [0.5, 0.6) is 17.2 Å². The number of ether oxygens (including phenoxy) is 4. The monoisotopic (exact) mass is 427 g/mol. The summed E-state index contributed by atoms with van der Waals surface area (Å²) in [5.74, 6) is 0.945. The van der Waals surface area contributed by atoms with Gasteiger partial charge in [-0.25, -0.2) is 4.79 Å². The molecule has 1 aliphatic rings. The molecule has 7 heteroatoms. The van der Waals surface area contributed by atoms with Crippen molar-refractivity contribution in [1.29, 1.82) is 0 Å². The Morgan fingerprint density at radius 2 is 1.81 bits per heavy atom. The van der Waals surface area contributed by atoms with Gasteiger partial charge in [0.1, 0.15) is 11.3 Å². The van der Waals surface area contributed by atoms with Gasteiger partial charge in [0.15, 0.2) is 18.1 Å². The zero-order chi connectivity index (χ0) is 22.2. The molecular formula is C24H29NO6. The summed E-state index contributed by atoms with van der Waals surface area (Å²) in [5, 5.41) is 2.96. The van der Waals surface area contributed by atoms with E-state index in [9.17, 15) is 9.59 Å². The van der Waals surface area contributed by atoms with Crippen LogP contribution < -0.4 is 19.5 Å². The quantitative estimate of drug-likeness (QED) is 0.643. The molecule has 0 saturated carbocycles. The summed E-state index contributed by atoms with van der Waals surface area (Å²) in [4.78, 5) is 25.0. The van der Waals surface area contributed by atoms with Crippen molar-refractivity contribution >= 4 is 11.9 Å². The molecule has 1 aliphatic heterocycles. The first-order valence-corrected chi connectivity index (χ1v) is 10.6.